The number of phenols is 1. The maximum Gasteiger partial charge on any atom is 0.341 e. The number of benzene rings is 1. The third-order valence-corrected chi connectivity index (χ3v) is 6.69. The first-order valence-electron chi connectivity index (χ1n) is 9.76. The van der Waals surface area contributed by atoms with Crippen molar-refractivity contribution < 1.29 is 19.4 Å². The summed E-state index contributed by atoms with van der Waals surface area (Å²) in [4.78, 5) is 31.1. The van der Waals surface area contributed by atoms with Gasteiger partial charge in [-0.25, -0.2) is 4.79 Å². The van der Waals surface area contributed by atoms with Crippen molar-refractivity contribution in [3.8, 4) is 5.75 Å². The Morgan fingerprint density at radius 1 is 1.16 bits per heavy atom. The van der Waals surface area contributed by atoms with Crippen molar-refractivity contribution in [1.82, 2.24) is 9.80 Å². The number of carbonyl (C=O) groups is 2. The molecule has 166 valence electrons. The Morgan fingerprint density at radius 2 is 1.77 bits per heavy atom. The molecule has 8 nitrogen and oxygen atoms in total. The van der Waals surface area contributed by atoms with Crippen molar-refractivity contribution in [1.29, 1.82) is 0 Å². The molecule has 0 spiro atoms. The van der Waals surface area contributed by atoms with E-state index in [0.717, 1.165) is 18.8 Å². The largest absolute Gasteiger partial charge is 0.508 e. The van der Waals surface area contributed by atoms with E-state index in [4.69, 9.17) is 17.0 Å². The molecule has 1 aromatic heterocycles. The summed E-state index contributed by atoms with van der Waals surface area (Å²) in [7, 11) is 4.66. The summed E-state index contributed by atoms with van der Waals surface area (Å²) >= 11 is 6.81. The van der Waals surface area contributed by atoms with Gasteiger partial charge < -0.3 is 29.9 Å². The molecule has 1 aromatic carbocycles. The zero-order chi connectivity index (χ0) is 22.7. The second-order valence-electron chi connectivity index (χ2n) is 7.37. The van der Waals surface area contributed by atoms with E-state index >= 15 is 0 Å². The highest BCUT2D eigenvalue weighted by atomic mass is 32.1. The van der Waals surface area contributed by atoms with Crippen molar-refractivity contribution in [3.05, 3.63) is 40.3 Å². The minimum absolute atomic E-state index is 0.172. The molecular weight excluding hydrogens is 436 g/mol. The third kappa shape index (κ3) is 4.91. The fraction of sp³-hybridized carbons (Fsp3) is 0.381. The predicted octanol–water partition coefficient (Wildman–Crippen LogP) is 2.77. The van der Waals surface area contributed by atoms with E-state index in [1.54, 1.807) is 33.2 Å². The first kappa shape index (κ1) is 22.8. The number of rotatable bonds is 4. The SMILES string of the molecule is COC(=O)c1c(NC(=S)N2CCN(c3ccc(O)cc3)CC2)sc(C(=O)N(C)C)c1C. The first-order chi connectivity index (χ1) is 14.7. The number of nitrogens with one attached hydrogen (secondary N) is 1. The standard InChI is InChI=1S/C21H26N4O4S2/c1-13-16(20(28)29-4)18(31-17(13)19(27)23(2)3)22-21(30)25-11-9-24(10-12-25)14-5-7-15(26)8-6-14/h5-8,26H,9-12H2,1-4H3,(H,22,30). The summed E-state index contributed by atoms with van der Waals surface area (Å²) in [5.41, 5.74) is 1.96. The molecule has 2 aromatic rings. The van der Waals surface area contributed by atoms with E-state index in [1.165, 1.54) is 23.3 Å². The van der Waals surface area contributed by atoms with Gasteiger partial charge in [-0.2, -0.15) is 0 Å². The van der Waals surface area contributed by atoms with Crippen LogP contribution in [0, 0.1) is 6.92 Å². The molecule has 0 bridgehead atoms. The summed E-state index contributed by atoms with van der Waals surface area (Å²) in [6, 6.07) is 7.13. The second-order valence-corrected chi connectivity index (χ2v) is 8.78. The van der Waals surface area contributed by atoms with Crippen molar-refractivity contribution in [2.75, 3.05) is 57.6 Å². The Balaban J connectivity index is 1.73. The smallest absolute Gasteiger partial charge is 0.341 e. The van der Waals surface area contributed by atoms with Crippen LogP contribution in [0.25, 0.3) is 0 Å². The highest BCUT2D eigenvalue weighted by Crippen LogP contribution is 2.34. The Bertz CT molecular complexity index is 980. The minimum atomic E-state index is -0.506. The lowest BCUT2D eigenvalue weighted by atomic mass is 10.1. The topological polar surface area (TPSA) is 85.4 Å². The summed E-state index contributed by atoms with van der Waals surface area (Å²) in [6.45, 7) is 4.68. The van der Waals surface area contributed by atoms with Crippen LogP contribution in [0.3, 0.4) is 0 Å². The summed E-state index contributed by atoms with van der Waals surface area (Å²) in [5, 5.41) is 13.6. The molecule has 2 heterocycles. The molecule has 1 aliphatic heterocycles. The lowest BCUT2D eigenvalue weighted by Crippen LogP contribution is -2.50. The van der Waals surface area contributed by atoms with Crippen LogP contribution in [0.2, 0.25) is 0 Å². The van der Waals surface area contributed by atoms with Gasteiger partial charge in [0, 0.05) is 46.0 Å². The molecule has 0 atom stereocenters. The van der Waals surface area contributed by atoms with Crippen molar-refractivity contribution in [2.45, 2.75) is 6.92 Å². The predicted molar refractivity (Wildman–Crippen MR) is 127 cm³/mol. The van der Waals surface area contributed by atoms with Crippen LogP contribution in [0.15, 0.2) is 24.3 Å². The number of thiocarbonyl (C=S) groups is 1. The molecular formula is C21H26N4O4S2. The van der Waals surface area contributed by atoms with E-state index in [-0.39, 0.29) is 11.7 Å². The van der Waals surface area contributed by atoms with E-state index in [9.17, 15) is 14.7 Å². The van der Waals surface area contributed by atoms with Gasteiger partial charge >= 0.3 is 5.97 Å². The number of anilines is 2. The average molecular weight is 463 g/mol. The molecule has 0 aliphatic carbocycles. The number of carbonyl (C=O) groups excluding carboxylic acids is 2. The van der Waals surface area contributed by atoms with Crippen molar-refractivity contribution in [3.63, 3.8) is 0 Å². The fourth-order valence-corrected chi connectivity index (χ4v) is 4.93. The number of ether oxygens (including phenoxy) is 1. The Labute approximate surface area is 191 Å². The number of hydrogen-bond donors (Lipinski definition) is 2. The van der Waals surface area contributed by atoms with Crippen LogP contribution in [-0.2, 0) is 4.74 Å². The number of thiophene rings is 1. The van der Waals surface area contributed by atoms with Crippen molar-refractivity contribution in [2.24, 2.45) is 0 Å². The maximum atomic E-state index is 12.5. The Kier molecular flexibility index (Phi) is 7.01. The number of esters is 1. The van der Waals surface area contributed by atoms with Gasteiger partial charge in [-0.1, -0.05) is 0 Å². The zero-order valence-corrected chi connectivity index (χ0v) is 19.6. The summed E-state index contributed by atoms with van der Waals surface area (Å²) < 4.78 is 4.93. The molecule has 2 N–H and O–H groups in total. The second kappa shape index (κ2) is 9.52. The highest BCUT2D eigenvalue weighted by molar-refractivity contribution is 7.80. The molecule has 0 radical (unpaired) electrons. The number of phenolic OH excluding ortho intramolecular Hbond substituents is 1. The van der Waals surface area contributed by atoms with Gasteiger partial charge in [0.05, 0.1) is 17.6 Å². The van der Waals surface area contributed by atoms with Crippen LogP contribution in [0.5, 0.6) is 5.75 Å². The van der Waals surface area contributed by atoms with E-state index in [1.807, 2.05) is 17.0 Å². The lowest BCUT2D eigenvalue weighted by Gasteiger charge is -2.37. The van der Waals surface area contributed by atoms with Crippen LogP contribution < -0.4 is 10.2 Å². The number of amides is 1. The van der Waals surface area contributed by atoms with Crippen LogP contribution >= 0.6 is 23.6 Å². The maximum absolute atomic E-state index is 12.5. The number of hydrogen-bond acceptors (Lipinski definition) is 7. The quantitative estimate of drug-likeness (QED) is 0.530. The van der Waals surface area contributed by atoms with Crippen LogP contribution in [0.4, 0.5) is 10.7 Å². The van der Waals surface area contributed by atoms with E-state index in [0.29, 0.717) is 39.2 Å². The molecule has 10 heteroatoms. The van der Waals surface area contributed by atoms with Gasteiger partial charge in [0.1, 0.15) is 10.8 Å². The summed E-state index contributed by atoms with van der Waals surface area (Å²) in [5.74, 6) is -0.435. The molecule has 0 saturated carbocycles. The number of nitrogens with zero attached hydrogens (tertiary/aromatic N) is 3. The van der Waals surface area contributed by atoms with E-state index in [2.05, 4.69) is 10.2 Å². The van der Waals surface area contributed by atoms with E-state index < -0.39 is 5.97 Å². The van der Waals surface area contributed by atoms with Gasteiger partial charge in [-0.15, -0.1) is 11.3 Å². The Morgan fingerprint density at radius 3 is 2.32 bits per heavy atom. The molecule has 0 unspecified atom stereocenters. The van der Waals surface area contributed by atoms with Gasteiger partial charge in [0.15, 0.2) is 5.11 Å². The van der Waals surface area contributed by atoms with Gasteiger partial charge in [0.25, 0.3) is 5.91 Å². The molecule has 31 heavy (non-hydrogen) atoms. The third-order valence-electron chi connectivity index (χ3n) is 5.14. The molecule has 3 rings (SSSR count). The minimum Gasteiger partial charge on any atom is -0.508 e. The number of aromatic hydroxyl groups is 1. The van der Waals surface area contributed by atoms with Gasteiger partial charge in [-0.3, -0.25) is 4.79 Å². The molecule has 1 saturated heterocycles. The van der Waals surface area contributed by atoms with Crippen LogP contribution in [0.1, 0.15) is 25.6 Å². The fourth-order valence-electron chi connectivity index (χ4n) is 3.36. The summed E-state index contributed by atoms with van der Waals surface area (Å²) in [6.07, 6.45) is 0. The van der Waals surface area contributed by atoms with Crippen molar-refractivity contribution >= 4 is 51.2 Å². The average Bonchev–Trinajstić information content (AvgIpc) is 3.08. The van der Waals surface area contributed by atoms with Crippen LogP contribution in [-0.4, -0.2) is 79.3 Å². The first-order valence-corrected chi connectivity index (χ1v) is 11.0. The monoisotopic (exact) mass is 462 g/mol. The van der Waals surface area contributed by atoms with Gasteiger partial charge in [-0.05, 0) is 49.0 Å². The molecule has 1 amide bonds. The molecule has 1 fully saturated rings. The molecule has 1 aliphatic rings. The number of methoxy groups -OCH3 is 1. The normalized spacial score (nSPS) is 13.7. The lowest BCUT2D eigenvalue weighted by molar-refractivity contribution is 0.0601. The Hall–Kier alpha value is -2.85. The van der Waals surface area contributed by atoms with Gasteiger partial charge in [0.2, 0.25) is 0 Å². The number of piperazine rings is 1. The highest BCUT2D eigenvalue weighted by Gasteiger charge is 2.28. The zero-order valence-electron chi connectivity index (χ0n) is 18.0.